The molecule has 190 valence electrons. The summed E-state index contributed by atoms with van der Waals surface area (Å²) in [5, 5.41) is 10.9. The maximum Gasteiger partial charge on any atom is 0.404 e. The molecule has 3 rings (SSSR count). The molecule has 0 aliphatic carbocycles. The predicted octanol–water partition coefficient (Wildman–Crippen LogP) is 5.43. The number of rotatable bonds is 13. The van der Waals surface area contributed by atoms with E-state index in [4.69, 9.17) is 19.3 Å². The van der Waals surface area contributed by atoms with E-state index >= 15 is 0 Å². The van der Waals surface area contributed by atoms with E-state index in [0.717, 1.165) is 28.3 Å². The maximum atomic E-state index is 10.5. The van der Waals surface area contributed by atoms with E-state index in [1.165, 1.54) is 0 Å². The maximum absolute atomic E-state index is 10.5. The third kappa shape index (κ3) is 7.46. The molecule has 0 bridgehead atoms. The van der Waals surface area contributed by atoms with E-state index < -0.39 is 6.09 Å². The fraction of sp³-hybridized carbons (Fsp3) is 0.321. The lowest BCUT2D eigenvalue weighted by atomic mass is 9.78. The summed E-state index contributed by atoms with van der Waals surface area (Å²) in [5.74, 6) is 2.41. The second-order valence-electron chi connectivity index (χ2n) is 8.62. The Bertz CT molecular complexity index is 1140. The number of amides is 1. The van der Waals surface area contributed by atoms with Gasteiger partial charge in [-0.2, -0.15) is 0 Å². The molecule has 1 aromatic heterocycles. The first-order valence-electron chi connectivity index (χ1n) is 11.9. The Labute approximate surface area is 212 Å². The number of nitrogens with zero attached hydrogens (tertiary/aromatic N) is 2. The van der Waals surface area contributed by atoms with Gasteiger partial charge in [0.25, 0.3) is 0 Å². The van der Waals surface area contributed by atoms with Crippen molar-refractivity contribution >= 4 is 11.9 Å². The Kier molecular flexibility index (Phi) is 9.27. The smallest absolute Gasteiger partial charge is 0.404 e. The summed E-state index contributed by atoms with van der Waals surface area (Å²) < 4.78 is 17.0. The molecule has 0 atom stereocenters. The average Bonchev–Trinajstić information content (AvgIpc) is 2.88. The highest BCUT2D eigenvalue weighted by molar-refractivity contribution is 5.64. The SMILES string of the molecule is C=C(OCC)c1nccc(COc2ccc(C(C)(C)c3ccc(OCCCNC(=O)O)cc3)cc2)n1. The van der Waals surface area contributed by atoms with Gasteiger partial charge in [0.05, 0.1) is 18.9 Å². The van der Waals surface area contributed by atoms with Crippen molar-refractivity contribution in [2.24, 2.45) is 0 Å². The third-order valence-corrected chi connectivity index (χ3v) is 5.69. The van der Waals surface area contributed by atoms with Crippen molar-refractivity contribution in [2.45, 2.75) is 39.2 Å². The van der Waals surface area contributed by atoms with Crippen LogP contribution in [0.15, 0.2) is 67.4 Å². The minimum absolute atomic E-state index is 0.219. The lowest BCUT2D eigenvalue weighted by Gasteiger charge is -2.26. The standard InChI is InChI=1S/C28H33N3O5/c1-5-34-20(2)26-29-17-15-23(31-26)19-36-25-13-9-22(10-14-25)28(3,4)21-7-11-24(12-8-21)35-18-6-16-30-27(32)33/h7-15,17,30H,2,5-6,16,18-19H2,1,3-4H3,(H,32,33). The topological polar surface area (TPSA) is 103 Å². The van der Waals surface area contributed by atoms with Gasteiger partial charge in [-0.25, -0.2) is 14.8 Å². The van der Waals surface area contributed by atoms with Gasteiger partial charge in [-0.3, -0.25) is 0 Å². The highest BCUT2D eigenvalue weighted by Crippen LogP contribution is 2.33. The normalized spacial score (nSPS) is 11.0. The number of hydrogen-bond donors (Lipinski definition) is 2. The predicted molar refractivity (Wildman–Crippen MR) is 138 cm³/mol. The minimum atomic E-state index is -1.02. The van der Waals surface area contributed by atoms with E-state index in [1.807, 2.05) is 31.2 Å². The summed E-state index contributed by atoms with van der Waals surface area (Å²) in [7, 11) is 0. The summed E-state index contributed by atoms with van der Waals surface area (Å²) in [6.07, 6.45) is 1.25. The fourth-order valence-electron chi connectivity index (χ4n) is 3.57. The first-order valence-corrected chi connectivity index (χ1v) is 11.9. The Morgan fingerprint density at radius 2 is 1.61 bits per heavy atom. The molecule has 36 heavy (non-hydrogen) atoms. The molecule has 1 heterocycles. The highest BCUT2D eigenvalue weighted by Gasteiger charge is 2.23. The average molecular weight is 492 g/mol. The first kappa shape index (κ1) is 26.5. The molecule has 0 saturated heterocycles. The summed E-state index contributed by atoms with van der Waals surface area (Å²) in [6, 6.07) is 17.8. The largest absolute Gasteiger partial charge is 0.494 e. The van der Waals surface area contributed by atoms with Crippen LogP contribution >= 0.6 is 0 Å². The molecule has 3 aromatic rings. The van der Waals surface area contributed by atoms with Gasteiger partial charge in [0.15, 0.2) is 11.6 Å². The summed E-state index contributed by atoms with van der Waals surface area (Å²) in [4.78, 5) is 19.1. The van der Waals surface area contributed by atoms with Crippen LogP contribution in [0.1, 0.15) is 49.8 Å². The number of benzene rings is 2. The minimum Gasteiger partial charge on any atom is -0.494 e. The number of ether oxygens (including phenoxy) is 3. The zero-order valence-electron chi connectivity index (χ0n) is 21.0. The van der Waals surface area contributed by atoms with Crippen molar-refractivity contribution < 1.29 is 24.1 Å². The van der Waals surface area contributed by atoms with Crippen LogP contribution in [0.3, 0.4) is 0 Å². The van der Waals surface area contributed by atoms with Crippen molar-refractivity contribution in [3.05, 3.63) is 90.0 Å². The zero-order chi connectivity index (χ0) is 26.0. The van der Waals surface area contributed by atoms with Crippen LogP contribution in [0.25, 0.3) is 5.76 Å². The van der Waals surface area contributed by atoms with Crippen LogP contribution in [0.2, 0.25) is 0 Å². The Hall–Kier alpha value is -4.07. The van der Waals surface area contributed by atoms with Gasteiger partial charge in [-0.15, -0.1) is 0 Å². The van der Waals surface area contributed by atoms with Crippen LogP contribution in [0, 0.1) is 0 Å². The van der Waals surface area contributed by atoms with Crippen LogP contribution in [-0.2, 0) is 16.8 Å². The molecule has 1 amide bonds. The molecule has 0 unspecified atom stereocenters. The zero-order valence-corrected chi connectivity index (χ0v) is 21.0. The Morgan fingerprint density at radius 1 is 1.00 bits per heavy atom. The molecule has 0 aliphatic rings. The summed E-state index contributed by atoms with van der Waals surface area (Å²) in [5.41, 5.74) is 2.83. The second kappa shape index (κ2) is 12.6. The van der Waals surface area contributed by atoms with Crippen LogP contribution in [-0.4, -0.2) is 40.9 Å². The fourth-order valence-corrected chi connectivity index (χ4v) is 3.57. The van der Waals surface area contributed by atoms with Crippen molar-refractivity contribution in [3.63, 3.8) is 0 Å². The van der Waals surface area contributed by atoms with Gasteiger partial charge >= 0.3 is 6.09 Å². The number of aromatic nitrogens is 2. The van der Waals surface area contributed by atoms with E-state index in [1.54, 1.807) is 12.3 Å². The second-order valence-corrected chi connectivity index (χ2v) is 8.62. The van der Waals surface area contributed by atoms with Gasteiger partial charge in [0, 0.05) is 18.2 Å². The highest BCUT2D eigenvalue weighted by atomic mass is 16.5. The first-order chi connectivity index (χ1) is 17.3. The number of hydrogen-bond acceptors (Lipinski definition) is 6. The van der Waals surface area contributed by atoms with Gasteiger partial charge in [-0.05, 0) is 54.8 Å². The molecular formula is C28H33N3O5. The van der Waals surface area contributed by atoms with Crippen LogP contribution in [0.4, 0.5) is 4.79 Å². The number of carbonyl (C=O) groups is 1. The van der Waals surface area contributed by atoms with E-state index in [2.05, 4.69) is 60.0 Å². The third-order valence-electron chi connectivity index (χ3n) is 5.69. The lowest BCUT2D eigenvalue weighted by molar-refractivity contribution is 0.193. The Morgan fingerprint density at radius 3 is 2.19 bits per heavy atom. The van der Waals surface area contributed by atoms with Crippen molar-refractivity contribution in [3.8, 4) is 11.5 Å². The van der Waals surface area contributed by atoms with E-state index in [0.29, 0.717) is 44.4 Å². The molecule has 0 spiro atoms. The molecule has 0 fully saturated rings. The van der Waals surface area contributed by atoms with Gasteiger partial charge < -0.3 is 24.6 Å². The summed E-state index contributed by atoms with van der Waals surface area (Å²) >= 11 is 0. The lowest BCUT2D eigenvalue weighted by Crippen LogP contribution is -2.23. The summed E-state index contributed by atoms with van der Waals surface area (Å²) in [6.45, 7) is 11.7. The molecular weight excluding hydrogens is 458 g/mol. The van der Waals surface area contributed by atoms with E-state index in [-0.39, 0.29) is 5.41 Å². The van der Waals surface area contributed by atoms with Crippen molar-refractivity contribution in [1.29, 1.82) is 0 Å². The van der Waals surface area contributed by atoms with Gasteiger partial charge in [0.2, 0.25) is 0 Å². The molecule has 0 radical (unpaired) electrons. The molecule has 0 aliphatic heterocycles. The Balaban J connectivity index is 1.56. The van der Waals surface area contributed by atoms with Crippen LogP contribution in [0.5, 0.6) is 11.5 Å². The number of carboxylic acid groups (broad SMARTS) is 1. The van der Waals surface area contributed by atoms with E-state index in [9.17, 15) is 4.79 Å². The molecule has 2 aromatic carbocycles. The van der Waals surface area contributed by atoms with Gasteiger partial charge in [-0.1, -0.05) is 44.7 Å². The van der Waals surface area contributed by atoms with Crippen molar-refractivity contribution in [2.75, 3.05) is 19.8 Å². The molecule has 2 N–H and O–H groups in total. The quantitative estimate of drug-likeness (QED) is 0.243. The molecule has 8 heteroatoms. The monoisotopic (exact) mass is 491 g/mol. The molecule has 8 nitrogen and oxygen atoms in total. The van der Waals surface area contributed by atoms with Gasteiger partial charge in [0.1, 0.15) is 18.1 Å². The van der Waals surface area contributed by atoms with Crippen LogP contribution < -0.4 is 14.8 Å². The number of nitrogens with one attached hydrogen (secondary N) is 1. The molecule has 0 saturated carbocycles. The van der Waals surface area contributed by atoms with Crippen molar-refractivity contribution in [1.82, 2.24) is 15.3 Å².